The molecule has 0 atom stereocenters. The Morgan fingerprint density at radius 3 is 2.46 bits per heavy atom. The molecule has 1 N–H and O–H groups in total. The topological polar surface area (TPSA) is 95.3 Å². The van der Waals surface area contributed by atoms with Gasteiger partial charge in [-0.05, 0) is 55.0 Å². The summed E-state index contributed by atoms with van der Waals surface area (Å²) in [5.41, 5.74) is 3.01. The van der Waals surface area contributed by atoms with Gasteiger partial charge >= 0.3 is 0 Å². The number of benzene rings is 3. The third-order valence-corrected chi connectivity index (χ3v) is 7.27. The molecule has 0 aliphatic heterocycles. The SMILES string of the molecule is COc1cc(CNS(=O)(=O)c2ccc(C)cc2)ccc1OCc1cn(-c2ccc(Cl)c(Cl)c2)nn1. The lowest BCUT2D eigenvalue weighted by molar-refractivity contribution is 0.280. The van der Waals surface area contributed by atoms with Crippen LogP contribution in [0, 0.1) is 6.92 Å². The summed E-state index contributed by atoms with van der Waals surface area (Å²) in [4.78, 5) is 0.212. The number of hydrogen-bond acceptors (Lipinski definition) is 6. The first-order chi connectivity index (χ1) is 16.7. The largest absolute Gasteiger partial charge is 0.493 e. The lowest BCUT2D eigenvalue weighted by atomic mass is 10.2. The van der Waals surface area contributed by atoms with Gasteiger partial charge in [0.1, 0.15) is 12.3 Å². The van der Waals surface area contributed by atoms with Crippen molar-refractivity contribution >= 4 is 33.2 Å². The molecule has 0 fully saturated rings. The van der Waals surface area contributed by atoms with Crippen LogP contribution in [-0.2, 0) is 23.2 Å². The molecule has 1 aromatic heterocycles. The quantitative estimate of drug-likeness (QED) is 0.327. The molecular weight excluding hydrogens is 511 g/mol. The zero-order chi connectivity index (χ0) is 25.0. The minimum Gasteiger partial charge on any atom is -0.493 e. The van der Waals surface area contributed by atoms with Gasteiger partial charge in [-0.2, -0.15) is 0 Å². The van der Waals surface area contributed by atoms with Crippen molar-refractivity contribution in [3.05, 3.63) is 93.7 Å². The lowest BCUT2D eigenvalue weighted by Crippen LogP contribution is -2.23. The number of nitrogens with zero attached hydrogens (tertiary/aromatic N) is 3. The number of methoxy groups -OCH3 is 1. The molecule has 0 bridgehead atoms. The number of halogens is 2. The summed E-state index contributed by atoms with van der Waals surface area (Å²) in [6, 6.07) is 17.0. The molecular formula is C24H22Cl2N4O4S. The highest BCUT2D eigenvalue weighted by atomic mass is 35.5. The minimum atomic E-state index is -3.63. The van der Waals surface area contributed by atoms with E-state index in [1.807, 2.05) is 6.92 Å². The summed E-state index contributed by atoms with van der Waals surface area (Å²) in [5, 5.41) is 9.09. The predicted molar refractivity (Wildman–Crippen MR) is 134 cm³/mol. The molecule has 1 heterocycles. The summed E-state index contributed by atoms with van der Waals surface area (Å²) >= 11 is 12.0. The molecule has 182 valence electrons. The smallest absolute Gasteiger partial charge is 0.240 e. The van der Waals surface area contributed by atoms with Crippen LogP contribution >= 0.6 is 23.2 Å². The molecule has 3 aromatic carbocycles. The van der Waals surface area contributed by atoms with Gasteiger partial charge in [-0.15, -0.1) is 5.10 Å². The second-order valence-electron chi connectivity index (χ2n) is 7.66. The second-order valence-corrected chi connectivity index (χ2v) is 10.2. The van der Waals surface area contributed by atoms with Gasteiger partial charge in [0.05, 0.1) is 33.9 Å². The maximum Gasteiger partial charge on any atom is 0.240 e. The van der Waals surface area contributed by atoms with Crippen LogP contribution in [0.2, 0.25) is 10.0 Å². The number of nitrogens with one attached hydrogen (secondary N) is 1. The van der Waals surface area contributed by atoms with Gasteiger partial charge in [0, 0.05) is 6.54 Å². The number of hydrogen-bond donors (Lipinski definition) is 1. The fraction of sp³-hybridized carbons (Fsp3) is 0.167. The van der Waals surface area contributed by atoms with Gasteiger partial charge in [-0.3, -0.25) is 0 Å². The summed E-state index contributed by atoms with van der Waals surface area (Å²) in [6.45, 7) is 2.15. The maximum atomic E-state index is 12.5. The predicted octanol–water partition coefficient (Wildman–Crippen LogP) is 4.95. The number of ether oxygens (including phenoxy) is 2. The van der Waals surface area contributed by atoms with Crippen LogP contribution in [0.5, 0.6) is 11.5 Å². The molecule has 0 amide bonds. The van der Waals surface area contributed by atoms with Crippen molar-refractivity contribution in [3.63, 3.8) is 0 Å². The Kier molecular flexibility index (Phi) is 7.61. The number of sulfonamides is 1. The van der Waals surface area contributed by atoms with Crippen molar-refractivity contribution in [2.75, 3.05) is 7.11 Å². The zero-order valence-corrected chi connectivity index (χ0v) is 21.2. The van der Waals surface area contributed by atoms with E-state index in [0.29, 0.717) is 32.9 Å². The Morgan fingerprint density at radius 2 is 1.74 bits per heavy atom. The molecule has 0 saturated heterocycles. The van der Waals surface area contributed by atoms with Gasteiger partial charge in [0.2, 0.25) is 10.0 Å². The molecule has 0 radical (unpaired) electrons. The molecule has 0 unspecified atom stereocenters. The van der Waals surface area contributed by atoms with Crippen molar-refractivity contribution < 1.29 is 17.9 Å². The van der Waals surface area contributed by atoms with Crippen molar-refractivity contribution in [2.45, 2.75) is 25.0 Å². The molecule has 0 spiro atoms. The molecule has 0 aliphatic carbocycles. The normalized spacial score (nSPS) is 11.4. The van der Waals surface area contributed by atoms with Crippen LogP contribution in [0.15, 0.2) is 71.8 Å². The first kappa shape index (κ1) is 25.0. The molecule has 35 heavy (non-hydrogen) atoms. The van der Waals surface area contributed by atoms with E-state index in [9.17, 15) is 8.42 Å². The lowest BCUT2D eigenvalue weighted by Gasteiger charge is -2.12. The number of aromatic nitrogens is 3. The number of aryl methyl sites for hydroxylation is 1. The summed E-state index contributed by atoms with van der Waals surface area (Å²) < 4.78 is 40.5. The average Bonchev–Trinajstić information content (AvgIpc) is 3.33. The van der Waals surface area contributed by atoms with E-state index in [2.05, 4.69) is 15.0 Å². The van der Waals surface area contributed by atoms with Crippen LogP contribution in [0.3, 0.4) is 0 Å². The van der Waals surface area contributed by atoms with Crippen LogP contribution in [0.25, 0.3) is 5.69 Å². The van der Waals surface area contributed by atoms with Crippen molar-refractivity contribution in [3.8, 4) is 17.2 Å². The standard InChI is InChI=1S/C24H22Cl2N4O4S/c1-16-3-7-20(8-4-16)35(31,32)27-13-17-5-10-23(24(11-17)33-2)34-15-18-14-30(29-28-18)19-6-9-21(25)22(26)12-19/h3-12,14,27H,13,15H2,1-2H3. The van der Waals surface area contributed by atoms with Crippen molar-refractivity contribution in [2.24, 2.45) is 0 Å². The van der Waals surface area contributed by atoms with E-state index < -0.39 is 10.0 Å². The fourth-order valence-corrected chi connectivity index (χ4v) is 4.50. The van der Waals surface area contributed by atoms with Gasteiger partial charge in [-0.25, -0.2) is 17.8 Å². The zero-order valence-electron chi connectivity index (χ0n) is 18.9. The van der Waals surface area contributed by atoms with E-state index in [0.717, 1.165) is 11.1 Å². The number of rotatable bonds is 9. The van der Waals surface area contributed by atoms with Gasteiger partial charge in [0.25, 0.3) is 0 Å². The fourth-order valence-electron chi connectivity index (χ4n) is 3.19. The first-order valence-electron chi connectivity index (χ1n) is 10.5. The Morgan fingerprint density at radius 1 is 0.971 bits per heavy atom. The van der Waals surface area contributed by atoms with Crippen LogP contribution < -0.4 is 14.2 Å². The third-order valence-electron chi connectivity index (χ3n) is 5.11. The molecule has 0 saturated carbocycles. The van der Waals surface area contributed by atoms with Crippen LogP contribution in [-0.4, -0.2) is 30.5 Å². The summed E-state index contributed by atoms with van der Waals surface area (Å²) in [6.07, 6.45) is 1.72. The van der Waals surface area contributed by atoms with Crippen LogP contribution in [0.4, 0.5) is 0 Å². The highest BCUT2D eigenvalue weighted by Crippen LogP contribution is 2.29. The third kappa shape index (κ3) is 6.12. The van der Waals surface area contributed by atoms with E-state index in [-0.39, 0.29) is 18.0 Å². The van der Waals surface area contributed by atoms with Crippen molar-refractivity contribution in [1.82, 2.24) is 19.7 Å². The Bertz CT molecular complexity index is 1440. The maximum absolute atomic E-state index is 12.5. The molecule has 4 aromatic rings. The molecule has 4 rings (SSSR count). The Labute approximate surface area is 213 Å². The minimum absolute atomic E-state index is 0.102. The monoisotopic (exact) mass is 532 g/mol. The molecule has 8 nitrogen and oxygen atoms in total. The summed E-state index contributed by atoms with van der Waals surface area (Å²) in [5.74, 6) is 0.954. The summed E-state index contributed by atoms with van der Waals surface area (Å²) in [7, 11) is -2.12. The first-order valence-corrected chi connectivity index (χ1v) is 12.7. The molecule has 11 heteroatoms. The Balaban J connectivity index is 1.40. The van der Waals surface area contributed by atoms with E-state index in [1.165, 1.54) is 7.11 Å². The van der Waals surface area contributed by atoms with Gasteiger partial charge in [0.15, 0.2) is 11.5 Å². The van der Waals surface area contributed by atoms with E-state index in [1.54, 1.807) is 71.5 Å². The van der Waals surface area contributed by atoms with Gasteiger partial charge in [-0.1, -0.05) is 52.2 Å². The highest BCUT2D eigenvalue weighted by Gasteiger charge is 2.15. The average molecular weight is 533 g/mol. The van der Waals surface area contributed by atoms with E-state index in [4.69, 9.17) is 32.7 Å². The van der Waals surface area contributed by atoms with Crippen molar-refractivity contribution in [1.29, 1.82) is 0 Å². The highest BCUT2D eigenvalue weighted by molar-refractivity contribution is 7.89. The second kappa shape index (κ2) is 10.7. The molecule has 0 aliphatic rings. The van der Waals surface area contributed by atoms with E-state index >= 15 is 0 Å². The Hall–Kier alpha value is -3.11. The van der Waals surface area contributed by atoms with Crippen LogP contribution in [0.1, 0.15) is 16.8 Å². The van der Waals surface area contributed by atoms with Gasteiger partial charge < -0.3 is 9.47 Å².